The number of halogens is 1. The predicted octanol–water partition coefficient (Wildman–Crippen LogP) is 2.88. The molecule has 6 heteroatoms. The maximum atomic E-state index is 10.2. The van der Waals surface area contributed by atoms with Gasteiger partial charge in [-0.2, -0.15) is 0 Å². The minimum atomic E-state index is 0.164. The molecule has 0 atom stereocenters. The summed E-state index contributed by atoms with van der Waals surface area (Å²) in [7, 11) is 1.76. The number of nitrogens with zero attached hydrogens (tertiary/aromatic N) is 3. The molecule has 0 aliphatic carbocycles. The Bertz CT molecular complexity index is 752. The van der Waals surface area contributed by atoms with E-state index in [1.54, 1.807) is 17.8 Å². The van der Waals surface area contributed by atoms with Crippen molar-refractivity contribution >= 4 is 28.5 Å². The van der Waals surface area contributed by atoms with Gasteiger partial charge in [0.2, 0.25) is 11.8 Å². The minimum absolute atomic E-state index is 0.164. The van der Waals surface area contributed by atoms with E-state index in [-0.39, 0.29) is 5.88 Å². The van der Waals surface area contributed by atoms with Crippen molar-refractivity contribution in [2.24, 2.45) is 0 Å². The lowest BCUT2D eigenvalue weighted by Crippen LogP contribution is -1.96. The number of aromatic hydroxyl groups is 1. The summed E-state index contributed by atoms with van der Waals surface area (Å²) < 4.78 is 1.74. The number of hydrogen-bond donors (Lipinski definition) is 2. The summed E-state index contributed by atoms with van der Waals surface area (Å²) in [6.45, 7) is 0.550. The van der Waals surface area contributed by atoms with E-state index in [4.69, 9.17) is 11.6 Å². The minimum Gasteiger partial charge on any atom is -0.494 e. The highest BCUT2D eigenvalue weighted by Crippen LogP contribution is 2.26. The van der Waals surface area contributed by atoms with Gasteiger partial charge in [0, 0.05) is 24.5 Å². The summed E-state index contributed by atoms with van der Waals surface area (Å²) in [5, 5.41) is 14.4. The van der Waals surface area contributed by atoms with Crippen LogP contribution in [-0.2, 0) is 6.54 Å². The third-order valence-corrected chi connectivity index (χ3v) is 3.35. The third kappa shape index (κ3) is 2.28. The first-order chi connectivity index (χ1) is 9.67. The lowest BCUT2D eigenvalue weighted by Gasteiger charge is -2.04. The Labute approximate surface area is 120 Å². The Kier molecular flexibility index (Phi) is 3.20. The average Bonchev–Trinajstić information content (AvgIpc) is 2.77. The van der Waals surface area contributed by atoms with Gasteiger partial charge in [-0.25, -0.2) is 9.97 Å². The zero-order valence-corrected chi connectivity index (χ0v) is 11.6. The molecular formula is C14H13ClN4O. The summed E-state index contributed by atoms with van der Waals surface area (Å²) in [5.41, 5.74) is 1.75. The maximum Gasteiger partial charge on any atom is 0.223 e. The van der Waals surface area contributed by atoms with Crippen LogP contribution in [0.4, 0.5) is 5.95 Å². The van der Waals surface area contributed by atoms with E-state index in [2.05, 4.69) is 15.3 Å². The van der Waals surface area contributed by atoms with Crippen molar-refractivity contribution in [3.8, 4) is 5.88 Å². The lowest BCUT2D eigenvalue weighted by atomic mass is 10.2. The number of fused-ring (bicyclic) bond motifs is 1. The van der Waals surface area contributed by atoms with Gasteiger partial charge in [-0.15, -0.1) is 0 Å². The van der Waals surface area contributed by atoms with Crippen LogP contribution in [0.15, 0.2) is 36.7 Å². The molecule has 0 aliphatic rings. The van der Waals surface area contributed by atoms with E-state index < -0.39 is 0 Å². The van der Waals surface area contributed by atoms with Crippen LogP contribution in [0.5, 0.6) is 5.88 Å². The molecule has 1 aromatic carbocycles. The largest absolute Gasteiger partial charge is 0.494 e. The first-order valence-electron chi connectivity index (χ1n) is 6.14. The molecule has 5 nitrogen and oxygen atoms in total. The van der Waals surface area contributed by atoms with Crippen LogP contribution < -0.4 is 5.32 Å². The number of rotatable bonds is 3. The molecular weight excluding hydrogens is 276 g/mol. The average molecular weight is 289 g/mol. The van der Waals surface area contributed by atoms with Crippen molar-refractivity contribution in [1.29, 1.82) is 0 Å². The van der Waals surface area contributed by atoms with Crippen LogP contribution in [-0.4, -0.2) is 26.7 Å². The second-order valence-corrected chi connectivity index (χ2v) is 4.89. The van der Waals surface area contributed by atoms with Crippen LogP contribution in [0.1, 0.15) is 5.56 Å². The molecule has 3 aromatic rings. The highest BCUT2D eigenvalue weighted by Gasteiger charge is 2.10. The number of hydrogen-bond acceptors (Lipinski definition) is 4. The van der Waals surface area contributed by atoms with Gasteiger partial charge in [0.15, 0.2) is 0 Å². The molecule has 2 N–H and O–H groups in total. The first kappa shape index (κ1) is 12.7. The van der Waals surface area contributed by atoms with Crippen molar-refractivity contribution in [2.45, 2.75) is 6.54 Å². The fraction of sp³-hybridized carbons (Fsp3) is 0.143. The number of nitrogens with one attached hydrogen (secondary N) is 1. The van der Waals surface area contributed by atoms with Crippen molar-refractivity contribution in [2.75, 3.05) is 12.4 Å². The van der Waals surface area contributed by atoms with Gasteiger partial charge in [0.25, 0.3) is 0 Å². The van der Waals surface area contributed by atoms with E-state index in [9.17, 15) is 5.11 Å². The van der Waals surface area contributed by atoms with Crippen LogP contribution in [0.3, 0.4) is 0 Å². The predicted molar refractivity (Wildman–Crippen MR) is 79.3 cm³/mol. The molecule has 0 bridgehead atoms. The van der Waals surface area contributed by atoms with Crippen LogP contribution in [0, 0.1) is 0 Å². The van der Waals surface area contributed by atoms with E-state index in [1.165, 1.54) is 0 Å². The first-order valence-corrected chi connectivity index (χ1v) is 6.52. The Morgan fingerprint density at radius 3 is 2.75 bits per heavy atom. The quantitative estimate of drug-likeness (QED) is 0.778. The lowest BCUT2D eigenvalue weighted by molar-refractivity contribution is 0.430. The highest BCUT2D eigenvalue weighted by atomic mass is 35.5. The van der Waals surface area contributed by atoms with Gasteiger partial charge >= 0.3 is 0 Å². The van der Waals surface area contributed by atoms with Gasteiger partial charge < -0.3 is 15.0 Å². The normalized spacial score (nSPS) is 10.9. The molecule has 2 aromatic heterocycles. The molecule has 102 valence electrons. The Balaban J connectivity index is 1.99. The molecule has 0 saturated carbocycles. The van der Waals surface area contributed by atoms with Crippen molar-refractivity contribution in [3.63, 3.8) is 0 Å². The second kappa shape index (κ2) is 5.02. The number of anilines is 1. The van der Waals surface area contributed by atoms with Gasteiger partial charge in [-0.1, -0.05) is 23.7 Å². The summed E-state index contributed by atoms with van der Waals surface area (Å²) in [6.07, 6.45) is 3.42. The topological polar surface area (TPSA) is 63.0 Å². The molecule has 0 fully saturated rings. The smallest absolute Gasteiger partial charge is 0.223 e. The SMILES string of the molecule is CNc1ncc2c(O)n(Cc3ccc(Cl)cc3)cc2n1. The van der Waals surface area contributed by atoms with Crippen LogP contribution in [0.2, 0.25) is 5.02 Å². The molecule has 2 heterocycles. The van der Waals surface area contributed by atoms with E-state index in [1.807, 2.05) is 30.5 Å². The summed E-state index contributed by atoms with van der Waals surface area (Å²) in [4.78, 5) is 8.41. The second-order valence-electron chi connectivity index (χ2n) is 4.45. The Hall–Kier alpha value is -2.27. The van der Waals surface area contributed by atoms with E-state index >= 15 is 0 Å². The monoisotopic (exact) mass is 288 g/mol. The molecule has 0 spiro atoms. The molecule has 0 radical (unpaired) electrons. The van der Waals surface area contributed by atoms with Crippen molar-refractivity contribution < 1.29 is 5.11 Å². The van der Waals surface area contributed by atoms with Gasteiger partial charge in [-0.05, 0) is 17.7 Å². The fourth-order valence-electron chi connectivity index (χ4n) is 2.06. The molecule has 0 saturated heterocycles. The third-order valence-electron chi connectivity index (χ3n) is 3.10. The molecule has 0 aliphatic heterocycles. The zero-order valence-electron chi connectivity index (χ0n) is 10.8. The molecule has 0 amide bonds. The van der Waals surface area contributed by atoms with Crippen LogP contribution in [0.25, 0.3) is 10.9 Å². The summed E-state index contributed by atoms with van der Waals surface area (Å²) in [6, 6.07) is 7.51. The molecule has 0 unspecified atom stereocenters. The van der Waals surface area contributed by atoms with Crippen molar-refractivity contribution in [1.82, 2.24) is 14.5 Å². The molecule has 3 rings (SSSR count). The summed E-state index contributed by atoms with van der Waals surface area (Å²) >= 11 is 5.86. The van der Waals surface area contributed by atoms with E-state index in [0.29, 0.717) is 28.4 Å². The zero-order chi connectivity index (χ0) is 14.1. The van der Waals surface area contributed by atoms with Gasteiger partial charge in [0.05, 0.1) is 17.4 Å². The van der Waals surface area contributed by atoms with Crippen molar-refractivity contribution in [3.05, 3.63) is 47.2 Å². The Morgan fingerprint density at radius 1 is 1.30 bits per heavy atom. The van der Waals surface area contributed by atoms with Crippen LogP contribution >= 0.6 is 11.6 Å². The standard InChI is InChI=1S/C14H13ClN4O/c1-16-14-17-6-11-12(18-14)8-19(13(11)20)7-9-2-4-10(15)5-3-9/h2-6,8,20H,7H2,1H3,(H,16,18). The highest BCUT2D eigenvalue weighted by molar-refractivity contribution is 6.30. The number of benzene rings is 1. The fourth-order valence-corrected chi connectivity index (χ4v) is 2.18. The van der Waals surface area contributed by atoms with Gasteiger partial charge in [-0.3, -0.25) is 0 Å². The number of aromatic nitrogens is 3. The maximum absolute atomic E-state index is 10.2. The molecule has 20 heavy (non-hydrogen) atoms. The van der Waals surface area contributed by atoms with E-state index in [0.717, 1.165) is 5.56 Å². The Morgan fingerprint density at radius 2 is 2.05 bits per heavy atom. The van der Waals surface area contributed by atoms with Gasteiger partial charge in [0.1, 0.15) is 0 Å². The summed E-state index contributed by atoms with van der Waals surface area (Å²) in [5.74, 6) is 0.693.